The highest BCUT2D eigenvalue weighted by atomic mass is 16.3. The van der Waals surface area contributed by atoms with Crippen molar-refractivity contribution in [3.05, 3.63) is 22.8 Å². The maximum Gasteiger partial charge on any atom is 0.0571 e. The Balaban J connectivity index is 1.56. The van der Waals surface area contributed by atoms with Crippen molar-refractivity contribution in [3.63, 3.8) is 0 Å². The smallest absolute Gasteiger partial charge is 0.0571 e. The largest absolute Gasteiger partial charge is 0.393 e. The zero-order chi connectivity index (χ0) is 22.4. The van der Waals surface area contributed by atoms with Gasteiger partial charge in [0.2, 0.25) is 0 Å². The molecule has 0 aromatic rings. The van der Waals surface area contributed by atoms with Crippen molar-refractivity contribution in [2.45, 2.75) is 125 Å². The van der Waals surface area contributed by atoms with Crippen LogP contribution in [0.25, 0.3) is 0 Å². The standard InChI is InChI=1S/C30H50O/c1-7-9-23-26-13-12-22-25-15-14-24(21(4)11-8-10-20(2)3)29(25,5)18-16-27(22)30(26,6)19-17-28(23)31/h15,20-21,23-24,26,28,31H,7-14,16-19H2,1-6H3/t21-,23?,24-,26?,28?,29-,30+/m1/s1. The Morgan fingerprint density at radius 2 is 1.81 bits per heavy atom. The lowest BCUT2D eigenvalue weighted by Gasteiger charge is -2.56. The monoisotopic (exact) mass is 426 g/mol. The van der Waals surface area contributed by atoms with Crippen LogP contribution >= 0.6 is 0 Å². The molecule has 31 heavy (non-hydrogen) atoms. The van der Waals surface area contributed by atoms with Crippen molar-refractivity contribution in [3.8, 4) is 0 Å². The van der Waals surface area contributed by atoms with Crippen LogP contribution in [-0.2, 0) is 0 Å². The van der Waals surface area contributed by atoms with E-state index in [1.807, 2.05) is 5.57 Å². The molecule has 7 atom stereocenters. The first kappa shape index (κ1) is 23.6. The molecule has 0 aromatic heterocycles. The van der Waals surface area contributed by atoms with E-state index in [1.54, 1.807) is 11.1 Å². The lowest BCUT2D eigenvalue weighted by atomic mass is 9.49. The minimum absolute atomic E-state index is 0.0594. The highest BCUT2D eigenvalue weighted by molar-refractivity contribution is 5.49. The van der Waals surface area contributed by atoms with E-state index in [1.165, 1.54) is 70.6 Å². The number of hydrogen-bond donors (Lipinski definition) is 1. The van der Waals surface area contributed by atoms with E-state index in [-0.39, 0.29) is 6.10 Å². The van der Waals surface area contributed by atoms with E-state index >= 15 is 0 Å². The second-order valence-electron chi connectivity index (χ2n) is 12.8. The third-order valence-corrected chi connectivity index (χ3v) is 10.5. The Morgan fingerprint density at radius 3 is 2.52 bits per heavy atom. The quantitative estimate of drug-likeness (QED) is 0.433. The van der Waals surface area contributed by atoms with Crippen LogP contribution < -0.4 is 0 Å². The minimum atomic E-state index is -0.0594. The highest BCUT2D eigenvalue weighted by Crippen LogP contribution is 2.65. The molecule has 4 aliphatic rings. The molecule has 4 aliphatic carbocycles. The highest BCUT2D eigenvalue weighted by Gasteiger charge is 2.54. The zero-order valence-electron chi connectivity index (χ0n) is 21.5. The van der Waals surface area contributed by atoms with Crippen molar-refractivity contribution in [1.82, 2.24) is 0 Å². The molecule has 0 heterocycles. The molecule has 3 unspecified atom stereocenters. The van der Waals surface area contributed by atoms with Crippen LogP contribution in [0.1, 0.15) is 119 Å². The molecular formula is C30H50O. The van der Waals surface area contributed by atoms with Crippen LogP contribution in [0.2, 0.25) is 0 Å². The first-order valence-corrected chi connectivity index (χ1v) is 13.8. The molecule has 0 aliphatic heterocycles. The van der Waals surface area contributed by atoms with E-state index in [0.717, 1.165) is 24.2 Å². The number of rotatable bonds is 7. The fourth-order valence-electron chi connectivity index (χ4n) is 8.77. The van der Waals surface area contributed by atoms with Gasteiger partial charge in [0.05, 0.1) is 6.10 Å². The zero-order valence-corrected chi connectivity index (χ0v) is 21.5. The first-order valence-electron chi connectivity index (χ1n) is 13.8. The summed E-state index contributed by atoms with van der Waals surface area (Å²) in [5, 5.41) is 10.8. The van der Waals surface area contributed by atoms with Crippen molar-refractivity contribution in [2.24, 2.45) is 40.4 Å². The van der Waals surface area contributed by atoms with Crippen molar-refractivity contribution < 1.29 is 5.11 Å². The topological polar surface area (TPSA) is 20.2 Å². The predicted octanol–water partition coefficient (Wildman–Crippen LogP) is 8.48. The maximum absolute atomic E-state index is 10.8. The summed E-state index contributed by atoms with van der Waals surface area (Å²) < 4.78 is 0. The number of hydrogen-bond acceptors (Lipinski definition) is 1. The van der Waals surface area contributed by atoms with Crippen LogP contribution in [0.15, 0.2) is 22.8 Å². The third kappa shape index (κ3) is 4.00. The molecule has 1 N–H and O–H groups in total. The van der Waals surface area contributed by atoms with Crippen molar-refractivity contribution >= 4 is 0 Å². The van der Waals surface area contributed by atoms with Crippen molar-refractivity contribution in [2.75, 3.05) is 0 Å². The Bertz CT molecular complexity index is 714. The molecule has 1 fully saturated rings. The first-order chi connectivity index (χ1) is 14.7. The second kappa shape index (κ2) is 9.00. The third-order valence-electron chi connectivity index (χ3n) is 10.5. The van der Waals surface area contributed by atoms with Gasteiger partial charge in [-0.15, -0.1) is 0 Å². The van der Waals surface area contributed by atoms with Gasteiger partial charge in [0.1, 0.15) is 0 Å². The summed E-state index contributed by atoms with van der Waals surface area (Å²) in [6.07, 6.45) is 18.0. The van der Waals surface area contributed by atoms with Gasteiger partial charge in [0.15, 0.2) is 0 Å². The number of aliphatic hydroxyl groups excluding tert-OH is 1. The van der Waals surface area contributed by atoms with E-state index < -0.39 is 0 Å². The summed E-state index contributed by atoms with van der Waals surface area (Å²) in [6.45, 7) is 14.8. The van der Waals surface area contributed by atoms with Crippen LogP contribution in [0.4, 0.5) is 0 Å². The van der Waals surface area contributed by atoms with E-state index in [2.05, 4.69) is 47.6 Å². The van der Waals surface area contributed by atoms with Gasteiger partial charge in [-0.05, 0) is 103 Å². The summed E-state index contributed by atoms with van der Waals surface area (Å²) in [5.41, 5.74) is 6.14. The summed E-state index contributed by atoms with van der Waals surface area (Å²) in [5.74, 6) is 3.74. The van der Waals surface area contributed by atoms with Gasteiger partial charge in [-0.2, -0.15) is 0 Å². The van der Waals surface area contributed by atoms with Crippen LogP contribution in [-0.4, -0.2) is 11.2 Å². The summed E-state index contributed by atoms with van der Waals surface area (Å²) >= 11 is 0. The molecule has 1 nitrogen and oxygen atoms in total. The number of fused-ring (bicyclic) bond motifs is 4. The Morgan fingerprint density at radius 1 is 1.03 bits per heavy atom. The average Bonchev–Trinajstić information content (AvgIpc) is 3.07. The molecule has 176 valence electrons. The fraction of sp³-hybridized carbons (Fsp3) is 0.867. The number of allylic oxidation sites excluding steroid dienone is 4. The lowest BCUT2D eigenvalue weighted by molar-refractivity contribution is -0.0409. The number of aliphatic hydroxyl groups is 1. The fourth-order valence-corrected chi connectivity index (χ4v) is 8.77. The van der Waals surface area contributed by atoms with Gasteiger partial charge in [-0.25, -0.2) is 0 Å². The van der Waals surface area contributed by atoms with E-state index in [0.29, 0.717) is 22.7 Å². The van der Waals surface area contributed by atoms with Crippen molar-refractivity contribution in [1.29, 1.82) is 0 Å². The molecule has 0 amide bonds. The van der Waals surface area contributed by atoms with Gasteiger partial charge in [0, 0.05) is 0 Å². The summed E-state index contributed by atoms with van der Waals surface area (Å²) in [6, 6.07) is 0. The molecule has 0 bridgehead atoms. The van der Waals surface area contributed by atoms with Gasteiger partial charge in [-0.3, -0.25) is 0 Å². The average molecular weight is 427 g/mol. The minimum Gasteiger partial charge on any atom is -0.393 e. The Kier molecular flexibility index (Phi) is 6.85. The summed E-state index contributed by atoms with van der Waals surface area (Å²) in [4.78, 5) is 0. The Labute approximate surface area is 193 Å². The molecule has 4 rings (SSSR count). The van der Waals surface area contributed by atoms with Gasteiger partial charge in [0.25, 0.3) is 0 Å². The molecule has 0 saturated heterocycles. The lowest BCUT2D eigenvalue weighted by Crippen LogP contribution is -2.48. The van der Waals surface area contributed by atoms with Gasteiger partial charge >= 0.3 is 0 Å². The Hall–Kier alpha value is -0.560. The van der Waals surface area contributed by atoms with Gasteiger partial charge in [-0.1, -0.05) is 78.9 Å². The molecule has 1 saturated carbocycles. The SMILES string of the molecule is CCCC1C(O)CC[C@]2(C)C3=C(CCC12)C1=CC[C@H]([C@H](C)CCCC(C)C)[C@@]1(C)CC3. The molecular weight excluding hydrogens is 376 g/mol. The second-order valence-corrected chi connectivity index (χ2v) is 12.8. The van der Waals surface area contributed by atoms with Gasteiger partial charge < -0.3 is 5.11 Å². The molecule has 0 spiro atoms. The van der Waals surface area contributed by atoms with Crippen LogP contribution in [0.3, 0.4) is 0 Å². The molecule has 0 radical (unpaired) electrons. The van der Waals surface area contributed by atoms with E-state index in [9.17, 15) is 5.11 Å². The predicted molar refractivity (Wildman–Crippen MR) is 133 cm³/mol. The van der Waals surface area contributed by atoms with Crippen LogP contribution in [0.5, 0.6) is 0 Å². The van der Waals surface area contributed by atoms with Crippen LogP contribution in [0, 0.1) is 40.4 Å². The summed E-state index contributed by atoms with van der Waals surface area (Å²) in [7, 11) is 0. The normalized spacial score (nSPS) is 41.0. The maximum atomic E-state index is 10.8. The van der Waals surface area contributed by atoms with E-state index in [4.69, 9.17) is 0 Å². The molecule has 0 aromatic carbocycles. The molecule has 1 heteroatoms.